The van der Waals surface area contributed by atoms with Crippen molar-refractivity contribution < 1.29 is 4.74 Å². The van der Waals surface area contributed by atoms with E-state index in [1.165, 1.54) is 0 Å². The summed E-state index contributed by atoms with van der Waals surface area (Å²) in [7, 11) is 0. The fourth-order valence-electron chi connectivity index (χ4n) is 1.36. The SMILES string of the molecule is CCOCC(C)Nc1cc(C(C)C)ncn1. The molecular formula is C12H21N3O. The first-order valence-corrected chi connectivity index (χ1v) is 5.79. The van der Waals surface area contributed by atoms with Gasteiger partial charge in [0.25, 0.3) is 0 Å². The Morgan fingerprint density at radius 1 is 1.31 bits per heavy atom. The highest BCUT2D eigenvalue weighted by atomic mass is 16.5. The maximum absolute atomic E-state index is 5.34. The maximum Gasteiger partial charge on any atom is 0.129 e. The standard InChI is InChI=1S/C12H21N3O/c1-5-16-7-10(4)15-12-6-11(9(2)3)13-8-14-12/h6,8-10H,5,7H2,1-4H3,(H,13,14,15). The van der Waals surface area contributed by atoms with Crippen LogP contribution in [0.5, 0.6) is 0 Å². The minimum atomic E-state index is 0.259. The van der Waals surface area contributed by atoms with Crippen molar-refractivity contribution in [3.8, 4) is 0 Å². The molecule has 90 valence electrons. The zero-order chi connectivity index (χ0) is 12.0. The van der Waals surface area contributed by atoms with Crippen molar-refractivity contribution in [3.05, 3.63) is 18.1 Å². The van der Waals surface area contributed by atoms with Gasteiger partial charge in [-0.3, -0.25) is 0 Å². The molecule has 1 aromatic heterocycles. The van der Waals surface area contributed by atoms with Crippen molar-refractivity contribution in [2.75, 3.05) is 18.5 Å². The number of rotatable bonds is 6. The number of nitrogens with one attached hydrogen (secondary N) is 1. The van der Waals surface area contributed by atoms with Crippen LogP contribution in [0.15, 0.2) is 12.4 Å². The monoisotopic (exact) mass is 223 g/mol. The van der Waals surface area contributed by atoms with Crippen LogP contribution in [-0.2, 0) is 4.74 Å². The van der Waals surface area contributed by atoms with Crippen molar-refractivity contribution in [2.24, 2.45) is 0 Å². The molecule has 0 bridgehead atoms. The lowest BCUT2D eigenvalue weighted by Gasteiger charge is -2.15. The fraction of sp³-hybridized carbons (Fsp3) is 0.667. The van der Waals surface area contributed by atoms with E-state index in [9.17, 15) is 0 Å². The number of hydrogen-bond donors (Lipinski definition) is 1. The number of aromatic nitrogens is 2. The molecule has 0 aliphatic carbocycles. The lowest BCUT2D eigenvalue weighted by molar-refractivity contribution is 0.141. The normalized spacial score (nSPS) is 12.8. The van der Waals surface area contributed by atoms with Gasteiger partial charge in [0.05, 0.1) is 6.61 Å². The molecule has 4 heteroatoms. The second kappa shape index (κ2) is 6.43. The lowest BCUT2D eigenvalue weighted by Crippen LogP contribution is -2.22. The topological polar surface area (TPSA) is 47.0 Å². The fourth-order valence-corrected chi connectivity index (χ4v) is 1.36. The molecular weight excluding hydrogens is 202 g/mol. The van der Waals surface area contributed by atoms with Crippen LogP contribution in [0, 0.1) is 0 Å². The van der Waals surface area contributed by atoms with Gasteiger partial charge in [0.1, 0.15) is 12.1 Å². The first-order valence-electron chi connectivity index (χ1n) is 5.79. The minimum absolute atomic E-state index is 0.259. The summed E-state index contributed by atoms with van der Waals surface area (Å²) in [5.41, 5.74) is 1.06. The molecule has 0 fully saturated rings. The molecule has 0 amide bonds. The average molecular weight is 223 g/mol. The molecule has 1 N–H and O–H groups in total. The Hall–Kier alpha value is -1.16. The van der Waals surface area contributed by atoms with Gasteiger partial charge in [0.2, 0.25) is 0 Å². The summed E-state index contributed by atoms with van der Waals surface area (Å²) in [4.78, 5) is 8.42. The van der Waals surface area contributed by atoms with Crippen molar-refractivity contribution in [2.45, 2.75) is 39.7 Å². The van der Waals surface area contributed by atoms with Gasteiger partial charge in [-0.05, 0) is 19.8 Å². The number of anilines is 1. The Morgan fingerprint density at radius 3 is 2.69 bits per heavy atom. The van der Waals surface area contributed by atoms with Gasteiger partial charge in [-0.25, -0.2) is 9.97 Å². The van der Waals surface area contributed by atoms with Gasteiger partial charge in [0.15, 0.2) is 0 Å². The molecule has 1 unspecified atom stereocenters. The van der Waals surface area contributed by atoms with Gasteiger partial charge in [-0.2, -0.15) is 0 Å². The predicted octanol–water partition coefficient (Wildman–Crippen LogP) is 2.44. The summed E-state index contributed by atoms with van der Waals surface area (Å²) in [5, 5.41) is 3.30. The number of hydrogen-bond acceptors (Lipinski definition) is 4. The van der Waals surface area contributed by atoms with Gasteiger partial charge in [-0.15, -0.1) is 0 Å². The molecule has 0 saturated heterocycles. The second-order valence-electron chi connectivity index (χ2n) is 4.19. The summed E-state index contributed by atoms with van der Waals surface area (Å²) in [5.74, 6) is 1.29. The molecule has 1 atom stereocenters. The molecule has 1 heterocycles. The van der Waals surface area contributed by atoms with E-state index >= 15 is 0 Å². The average Bonchev–Trinajstić information content (AvgIpc) is 2.26. The maximum atomic E-state index is 5.34. The summed E-state index contributed by atoms with van der Waals surface area (Å²) in [6.45, 7) is 9.75. The third kappa shape index (κ3) is 4.14. The minimum Gasteiger partial charge on any atom is -0.380 e. The van der Waals surface area contributed by atoms with Crippen molar-refractivity contribution in [1.29, 1.82) is 0 Å². The molecule has 0 aliphatic rings. The first-order chi connectivity index (χ1) is 7.63. The molecule has 4 nitrogen and oxygen atoms in total. The Bertz CT molecular complexity index is 315. The van der Waals surface area contributed by atoms with Gasteiger partial charge >= 0.3 is 0 Å². The van der Waals surface area contributed by atoms with E-state index in [0.717, 1.165) is 18.1 Å². The summed E-state index contributed by atoms with van der Waals surface area (Å²) < 4.78 is 5.34. The highest BCUT2D eigenvalue weighted by Crippen LogP contribution is 2.14. The zero-order valence-electron chi connectivity index (χ0n) is 10.5. The Morgan fingerprint density at radius 2 is 2.06 bits per heavy atom. The van der Waals surface area contributed by atoms with E-state index in [1.807, 2.05) is 13.0 Å². The molecule has 0 radical (unpaired) electrons. The summed E-state index contributed by atoms with van der Waals surface area (Å²) >= 11 is 0. The second-order valence-corrected chi connectivity index (χ2v) is 4.19. The van der Waals surface area contributed by atoms with Crippen LogP contribution in [0.2, 0.25) is 0 Å². The third-order valence-electron chi connectivity index (χ3n) is 2.25. The molecule has 0 aromatic carbocycles. The number of nitrogens with zero attached hydrogens (tertiary/aromatic N) is 2. The van der Waals surface area contributed by atoms with Crippen LogP contribution in [0.4, 0.5) is 5.82 Å². The van der Waals surface area contributed by atoms with E-state index in [1.54, 1.807) is 6.33 Å². The van der Waals surface area contributed by atoms with Gasteiger partial charge in [-0.1, -0.05) is 13.8 Å². The highest BCUT2D eigenvalue weighted by Gasteiger charge is 2.05. The van der Waals surface area contributed by atoms with Gasteiger partial charge < -0.3 is 10.1 Å². The summed E-state index contributed by atoms with van der Waals surface area (Å²) in [6, 6.07) is 2.25. The van der Waals surface area contributed by atoms with E-state index in [-0.39, 0.29) is 6.04 Å². The number of ether oxygens (including phenoxy) is 1. The van der Waals surface area contributed by atoms with Crippen molar-refractivity contribution >= 4 is 5.82 Å². The largest absolute Gasteiger partial charge is 0.380 e. The Labute approximate surface area is 97.5 Å². The van der Waals surface area contributed by atoms with Gasteiger partial charge in [0, 0.05) is 24.4 Å². The van der Waals surface area contributed by atoms with Crippen LogP contribution < -0.4 is 5.32 Å². The van der Waals surface area contributed by atoms with Crippen LogP contribution in [0.3, 0.4) is 0 Å². The van der Waals surface area contributed by atoms with Crippen LogP contribution in [0.25, 0.3) is 0 Å². The lowest BCUT2D eigenvalue weighted by atomic mass is 10.1. The summed E-state index contributed by atoms with van der Waals surface area (Å²) in [6.07, 6.45) is 1.60. The quantitative estimate of drug-likeness (QED) is 0.804. The van der Waals surface area contributed by atoms with Crippen LogP contribution >= 0.6 is 0 Å². The first kappa shape index (κ1) is 12.9. The Kier molecular flexibility index (Phi) is 5.19. The zero-order valence-corrected chi connectivity index (χ0v) is 10.5. The predicted molar refractivity (Wildman–Crippen MR) is 65.7 cm³/mol. The van der Waals surface area contributed by atoms with E-state index in [4.69, 9.17) is 4.74 Å². The highest BCUT2D eigenvalue weighted by molar-refractivity contribution is 5.36. The van der Waals surface area contributed by atoms with E-state index in [0.29, 0.717) is 12.5 Å². The molecule has 0 spiro atoms. The van der Waals surface area contributed by atoms with Crippen molar-refractivity contribution in [3.63, 3.8) is 0 Å². The molecule has 1 rings (SSSR count). The molecule has 0 saturated carbocycles. The molecule has 16 heavy (non-hydrogen) atoms. The van der Waals surface area contributed by atoms with Crippen LogP contribution in [0.1, 0.15) is 39.3 Å². The third-order valence-corrected chi connectivity index (χ3v) is 2.25. The van der Waals surface area contributed by atoms with E-state index in [2.05, 4.69) is 36.1 Å². The smallest absolute Gasteiger partial charge is 0.129 e. The van der Waals surface area contributed by atoms with E-state index < -0.39 is 0 Å². The Balaban J connectivity index is 2.56. The molecule has 1 aromatic rings. The van der Waals surface area contributed by atoms with Crippen LogP contribution in [-0.4, -0.2) is 29.2 Å². The molecule has 0 aliphatic heterocycles. The van der Waals surface area contributed by atoms with Crippen molar-refractivity contribution in [1.82, 2.24) is 9.97 Å².